The quantitative estimate of drug-likeness (QED) is 0.421. The molecule has 1 unspecified atom stereocenters. The summed E-state index contributed by atoms with van der Waals surface area (Å²) < 4.78 is 5.59. The average Bonchev–Trinajstić information content (AvgIpc) is 2.20. The van der Waals surface area contributed by atoms with Crippen LogP contribution in [0.5, 0.6) is 0 Å². The Kier molecular flexibility index (Phi) is 7.82. The lowest BCUT2D eigenvalue weighted by molar-refractivity contribution is -0.0260. The van der Waals surface area contributed by atoms with Crippen molar-refractivity contribution in [1.82, 2.24) is 9.80 Å². The Balaban J connectivity index is 0.000000921. The molecule has 1 aliphatic heterocycles. The van der Waals surface area contributed by atoms with Crippen LogP contribution in [0.4, 0.5) is 0 Å². The first-order chi connectivity index (χ1) is 7.09. The van der Waals surface area contributed by atoms with Crippen LogP contribution in [0.2, 0.25) is 0 Å². The molecular formula is C10H23N3OS. The summed E-state index contributed by atoms with van der Waals surface area (Å²) in [6, 6.07) is 0. The van der Waals surface area contributed by atoms with Crippen LogP contribution in [-0.4, -0.2) is 68.3 Å². The lowest BCUT2D eigenvalue weighted by atomic mass is 10.2. The van der Waals surface area contributed by atoms with Gasteiger partial charge in [-0.2, -0.15) is 12.6 Å². The third-order valence-corrected chi connectivity index (χ3v) is 2.39. The van der Waals surface area contributed by atoms with Gasteiger partial charge in [-0.25, -0.2) is 0 Å². The lowest BCUT2D eigenvalue weighted by Gasteiger charge is -2.32. The molecule has 0 spiro atoms. The fourth-order valence-electron chi connectivity index (χ4n) is 1.42. The summed E-state index contributed by atoms with van der Waals surface area (Å²) in [4.78, 5) is 4.19. The maximum Gasteiger partial charge on any atom is 0.0924 e. The van der Waals surface area contributed by atoms with E-state index in [1.807, 2.05) is 11.9 Å². The minimum atomic E-state index is 0.254. The predicted octanol–water partition coefficient (Wildman–Crippen LogP) is 0.792. The Labute approximate surface area is 98.5 Å². The van der Waals surface area contributed by atoms with Gasteiger partial charge in [-0.15, -0.1) is 0 Å². The molecule has 0 aromatic heterocycles. The van der Waals surface area contributed by atoms with Crippen molar-refractivity contribution in [2.24, 2.45) is 0 Å². The summed E-state index contributed by atoms with van der Waals surface area (Å²) in [6.07, 6.45) is 1.95. The molecule has 1 rings (SSSR count). The van der Waals surface area contributed by atoms with Gasteiger partial charge in [0.25, 0.3) is 0 Å². The van der Waals surface area contributed by atoms with Crippen LogP contribution < -0.4 is 0 Å². The molecule has 0 aliphatic carbocycles. The standard InChI is InChI=1S/C9H19N3O.CH4S/c1-8(10)12(3)7-9-6-11(2)4-5-13-9;1-2/h9-10H,4-7H2,1-3H3;2H,1H3. The van der Waals surface area contributed by atoms with Gasteiger partial charge < -0.3 is 14.5 Å². The molecule has 1 N–H and O–H groups in total. The lowest BCUT2D eigenvalue weighted by Crippen LogP contribution is -2.45. The van der Waals surface area contributed by atoms with Crippen LogP contribution in [0, 0.1) is 5.41 Å². The summed E-state index contributed by atoms with van der Waals surface area (Å²) in [5.41, 5.74) is 0. The van der Waals surface area contributed by atoms with E-state index in [1.54, 1.807) is 13.2 Å². The summed E-state index contributed by atoms with van der Waals surface area (Å²) in [6.45, 7) is 5.42. The van der Waals surface area contributed by atoms with E-state index in [1.165, 1.54) is 0 Å². The maximum atomic E-state index is 7.43. The second-order valence-corrected chi connectivity index (χ2v) is 3.72. The first-order valence-electron chi connectivity index (χ1n) is 5.10. The topological polar surface area (TPSA) is 39.6 Å². The summed E-state index contributed by atoms with van der Waals surface area (Å²) in [5, 5.41) is 7.43. The van der Waals surface area contributed by atoms with E-state index in [2.05, 4.69) is 24.6 Å². The first kappa shape index (κ1) is 14.7. The Hall–Kier alpha value is -0.260. The van der Waals surface area contributed by atoms with Crippen molar-refractivity contribution in [3.8, 4) is 0 Å². The molecule has 90 valence electrons. The number of nitrogens with one attached hydrogen (secondary N) is 1. The van der Waals surface area contributed by atoms with Gasteiger partial charge in [-0.05, 0) is 20.2 Å². The van der Waals surface area contributed by atoms with Crippen LogP contribution in [0.3, 0.4) is 0 Å². The third-order valence-electron chi connectivity index (χ3n) is 2.39. The van der Waals surface area contributed by atoms with Crippen LogP contribution in [0.15, 0.2) is 0 Å². The minimum Gasteiger partial charge on any atom is -0.374 e. The van der Waals surface area contributed by atoms with E-state index in [0.717, 1.165) is 26.2 Å². The van der Waals surface area contributed by atoms with Crippen LogP contribution in [0.25, 0.3) is 0 Å². The maximum absolute atomic E-state index is 7.43. The van der Waals surface area contributed by atoms with E-state index in [0.29, 0.717) is 5.84 Å². The van der Waals surface area contributed by atoms with Crippen LogP contribution in [-0.2, 0) is 4.74 Å². The fourth-order valence-corrected chi connectivity index (χ4v) is 1.42. The molecule has 1 heterocycles. The highest BCUT2D eigenvalue weighted by molar-refractivity contribution is 7.79. The highest BCUT2D eigenvalue weighted by Crippen LogP contribution is 2.04. The van der Waals surface area contributed by atoms with Crippen molar-refractivity contribution in [2.45, 2.75) is 13.0 Å². The van der Waals surface area contributed by atoms with E-state index in [4.69, 9.17) is 10.1 Å². The molecule has 1 fully saturated rings. The first-order valence-corrected chi connectivity index (χ1v) is 6.00. The average molecular weight is 233 g/mol. The molecule has 1 saturated heterocycles. The highest BCUT2D eigenvalue weighted by Gasteiger charge is 2.19. The van der Waals surface area contributed by atoms with Crippen molar-refractivity contribution >= 4 is 18.5 Å². The largest absolute Gasteiger partial charge is 0.374 e. The number of amidine groups is 1. The number of thiol groups is 1. The van der Waals surface area contributed by atoms with Gasteiger partial charge in [0, 0.05) is 26.7 Å². The third kappa shape index (κ3) is 6.02. The van der Waals surface area contributed by atoms with Crippen molar-refractivity contribution in [2.75, 3.05) is 46.6 Å². The number of hydrogen-bond acceptors (Lipinski definition) is 4. The molecule has 1 atom stereocenters. The van der Waals surface area contributed by atoms with E-state index < -0.39 is 0 Å². The zero-order valence-corrected chi connectivity index (χ0v) is 11.1. The number of likely N-dealkylation sites (N-methyl/N-ethyl adjacent to an activating group) is 2. The van der Waals surface area contributed by atoms with Crippen LogP contribution >= 0.6 is 12.6 Å². The second-order valence-electron chi connectivity index (χ2n) is 3.72. The number of ether oxygens (including phenoxy) is 1. The minimum absolute atomic E-state index is 0.254. The molecule has 4 nitrogen and oxygen atoms in total. The number of morpholine rings is 1. The van der Waals surface area contributed by atoms with Crippen molar-refractivity contribution < 1.29 is 4.74 Å². The highest BCUT2D eigenvalue weighted by atomic mass is 32.1. The fraction of sp³-hybridized carbons (Fsp3) is 0.900. The molecule has 0 aromatic carbocycles. The normalized spacial score (nSPS) is 21.5. The van der Waals surface area contributed by atoms with Gasteiger partial charge in [0.15, 0.2) is 0 Å². The summed E-state index contributed by atoms with van der Waals surface area (Å²) in [7, 11) is 4.03. The predicted molar refractivity (Wildman–Crippen MR) is 68.2 cm³/mol. The number of hydrogen-bond donors (Lipinski definition) is 2. The van der Waals surface area contributed by atoms with Gasteiger partial charge in [-0.1, -0.05) is 0 Å². The van der Waals surface area contributed by atoms with Crippen LogP contribution in [0.1, 0.15) is 6.92 Å². The molecule has 5 heteroatoms. The second kappa shape index (κ2) is 7.96. The Morgan fingerprint density at radius 3 is 2.67 bits per heavy atom. The molecular weight excluding hydrogens is 210 g/mol. The number of nitrogens with zero attached hydrogens (tertiary/aromatic N) is 2. The van der Waals surface area contributed by atoms with Gasteiger partial charge in [0.05, 0.1) is 18.5 Å². The molecule has 0 radical (unpaired) electrons. The molecule has 1 aliphatic rings. The van der Waals surface area contributed by atoms with Crippen molar-refractivity contribution in [3.05, 3.63) is 0 Å². The van der Waals surface area contributed by atoms with Gasteiger partial charge >= 0.3 is 0 Å². The van der Waals surface area contributed by atoms with Gasteiger partial charge in [0.2, 0.25) is 0 Å². The van der Waals surface area contributed by atoms with Gasteiger partial charge in [0.1, 0.15) is 0 Å². The van der Waals surface area contributed by atoms with Crippen molar-refractivity contribution in [1.29, 1.82) is 5.41 Å². The smallest absolute Gasteiger partial charge is 0.0924 e. The zero-order valence-electron chi connectivity index (χ0n) is 10.2. The number of rotatable bonds is 2. The Morgan fingerprint density at radius 1 is 1.60 bits per heavy atom. The Bertz CT molecular complexity index is 190. The molecule has 0 aromatic rings. The monoisotopic (exact) mass is 233 g/mol. The summed E-state index contributed by atoms with van der Waals surface area (Å²) >= 11 is 3.53. The summed E-state index contributed by atoms with van der Waals surface area (Å²) in [5.74, 6) is 0.594. The molecule has 0 amide bonds. The van der Waals surface area contributed by atoms with E-state index in [9.17, 15) is 0 Å². The van der Waals surface area contributed by atoms with Gasteiger partial charge in [-0.3, -0.25) is 5.41 Å². The molecule has 0 saturated carbocycles. The molecule has 15 heavy (non-hydrogen) atoms. The zero-order chi connectivity index (χ0) is 11.8. The van der Waals surface area contributed by atoms with E-state index in [-0.39, 0.29) is 6.10 Å². The SMILES string of the molecule is CC(=N)N(C)CC1CN(C)CCO1.CS. The Morgan fingerprint density at radius 2 is 2.20 bits per heavy atom. The molecule has 0 bridgehead atoms. The van der Waals surface area contributed by atoms with Crippen molar-refractivity contribution in [3.63, 3.8) is 0 Å². The van der Waals surface area contributed by atoms with E-state index >= 15 is 0 Å².